The Labute approximate surface area is 73.2 Å². The summed E-state index contributed by atoms with van der Waals surface area (Å²) in [5.41, 5.74) is 5.07. The molecule has 64 valence electrons. The average Bonchev–Trinajstić information content (AvgIpc) is 2.03. The van der Waals surface area contributed by atoms with Gasteiger partial charge in [-0.25, -0.2) is 14.8 Å². The molecule has 0 aliphatic heterocycles. The van der Waals surface area contributed by atoms with Crippen molar-refractivity contribution in [3.63, 3.8) is 0 Å². The molecule has 1 aromatic heterocycles. The maximum Gasteiger partial charge on any atom is 0.354 e. The zero-order valence-corrected chi connectivity index (χ0v) is 6.75. The summed E-state index contributed by atoms with van der Waals surface area (Å²) < 4.78 is 0. The van der Waals surface area contributed by atoms with Crippen LogP contribution in [-0.4, -0.2) is 21.0 Å². The minimum absolute atomic E-state index is 0.0703. The van der Waals surface area contributed by atoms with Crippen LogP contribution in [0, 0.1) is 0 Å². The maximum atomic E-state index is 10.4. The third-order valence-corrected chi connectivity index (χ3v) is 1.34. The van der Waals surface area contributed by atoms with Crippen LogP contribution in [0.15, 0.2) is 6.07 Å². The number of carbonyl (C=O) groups is 1. The van der Waals surface area contributed by atoms with E-state index in [2.05, 4.69) is 9.97 Å². The van der Waals surface area contributed by atoms with Crippen molar-refractivity contribution in [3.05, 3.63) is 22.7 Å². The van der Waals surface area contributed by atoms with Gasteiger partial charge in [-0.1, -0.05) is 11.6 Å². The molecule has 1 rings (SSSR count). The van der Waals surface area contributed by atoms with E-state index in [0.29, 0.717) is 0 Å². The van der Waals surface area contributed by atoms with Crippen molar-refractivity contribution in [1.29, 1.82) is 0 Å². The molecule has 0 saturated carbocycles. The summed E-state index contributed by atoms with van der Waals surface area (Å²) in [6, 6.07) is 1.17. The Bertz CT molecular complexity index is 316. The molecule has 0 radical (unpaired) electrons. The molecule has 0 saturated heterocycles. The van der Waals surface area contributed by atoms with E-state index in [9.17, 15) is 4.79 Å². The lowest BCUT2D eigenvalue weighted by Crippen LogP contribution is -2.08. The Morgan fingerprint density at radius 3 is 2.83 bits per heavy atom. The van der Waals surface area contributed by atoms with E-state index in [1.165, 1.54) is 6.07 Å². The summed E-state index contributed by atoms with van der Waals surface area (Å²) in [5, 5.41) is 8.63. The summed E-state index contributed by atoms with van der Waals surface area (Å²) in [7, 11) is 0. The molecule has 12 heavy (non-hydrogen) atoms. The molecule has 0 atom stereocenters. The zero-order valence-electron chi connectivity index (χ0n) is 5.99. The molecule has 0 bridgehead atoms. The highest BCUT2D eigenvalue weighted by molar-refractivity contribution is 6.29. The van der Waals surface area contributed by atoms with Gasteiger partial charge in [0.05, 0.1) is 6.54 Å². The number of halogens is 1. The first-order valence-corrected chi connectivity index (χ1v) is 3.48. The molecule has 1 aromatic rings. The van der Waals surface area contributed by atoms with Gasteiger partial charge in [-0.2, -0.15) is 0 Å². The molecule has 0 aromatic carbocycles. The van der Waals surface area contributed by atoms with Gasteiger partial charge in [0.25, 0.3) is 0 Å². The first kappa shape index (κ1) is 8.89. The van der Waals surface area contributed by atoms with Crippen molar-refractivity contribution in [2.24, 2.45) is 5.73 Å². The largest absolute Gasteiger partial charge is 0.477 e. The number of rotatable bonds is 2. The van der Waals surface area contributed by atoms with E-state index in [0.717, 1.165) is 0 Å². The van der Waals surface area contributed by atoms with Crippen molar-refractivity contribution >= 4 is 17.6 Å². The molecule has 0 spiro atoms. The SMILES string of the molecule is NCc1nc(Cl)cc(C(=O)O)n1. The number of hydrogen-bond donors (Lipinski definition) is 2. The normalized spacial score (nSPS) is 9.83. The molecule has 1 heterocycles. The van der Waals surface area contributed by atoms with Crippen molar-refractivity contribution < 1.29 is 9.90 Å². The van der Waals surface area contributed by atoms with E-state index in [-0.39, 0.29) is 23.2 Å². The van der Waals surface area contributed by atoms with Crippen LogP contribution in [0.4, 0.5) is 0 Å². The van der Waals surface area contributed by atoms with Crippen molar-refractivity contribution in [2.45, 2.75) is 6.54 Å². The van der Waals surface area contributed by atoms with Crippen LogP contribution in [0.2, 0.25) is 5.15 Å². The first-order valence-electron chi connectivity index (χ1n) is 3.10. The van der Waals surface area contributed by atoms with Gasteiger partial charge in [0.2, 0.25) is 0 Å². The fourth-order valence-electron chi connectivity index (χ4n) is 0.666. The highest BCUT2D eigenvalue weighted by atomic mass is 35.5. The minimum Gasteiger partial charge on any atom is -0.477 e. The number of carboxylic acids is 1. The van der Waals surface area contributed by atoms with Gasteiger partial charge in [-0.3, -0.25) is 0 Å². The van der Waals surface area contributed by atoms with Gasteiger partial charge in [-0.15, -0.1) is 0 Å². The van der Waals surface area contributed by atoms with Crippen LogP contribution >= 0.6 is 11.6 Å². The Morgan fingerprint density at radius 1 is 1.67 bits per heavy atom. The fourth-order valence-corrected chi connectivity index (χ4v) is 0.866. The average molecular weight is 188 g/mol. The standard InChI is InChI=1S/C6H6ClN3O2/c7-4-1-3(6(11)12)9-5(2-8)10-4/h1H,2,8H2,(H,11,12). The Morgan fingerprint density at radius 2 is 2.33 bits per heavy atom. The molecule has 5 nitrogen and oxygen atoms in total. The Hall–Kier alpha value is -1.20. The Kier molecular flexibility index (Phi) is 2.57. The van der Waals surface area contributed by atoms with E-state index in [1.54, 1.807) is 0 Å². The summed E-state index contributed by atoms with van der Waals surface area (Å²) in [6.07, 6.45) is 0. The molecule has 6 heteroatoms. The first-order chi connectivity index (χ1) is 5.63. The van der Waals surface area contributed by atoms with Crippen LogP contribution < -0.4 is 5.73 Å². The summed E-state index contributed by atoms with van der Waals surface area (Å²) in [5.74, 6) is -0.922. The summed E-state index contributed by atoms with van der Waals surface area (Å²) in [6.45, 7) is 0.0703. The molecule has 0 aliphatic rings. The number of carboxylic acid groups (broad SMARTS) is 1. The molecule has 0 aliphatic carbocycles. The lowest BCUT2D eigenvalue weighted by Gasteiger charge is -1.98. The third-order valence-electron chi connectivity index (χ3n) is 1.14. The molecular formula is C6H6ClN3O2. The second-order valence-electron chi connectivity index (χ2n) is 2.00. The molecule has 0 fully saturated rings. The van der Waals surface area contributed by atoms with Crippen LogP contribution in [0.25, 0.3) is 0 Å². The number of nitrogens with two attached hydrogens (primary N) is 1. The van der Waals surface area contributed by atoms with E-state index >= 15 is 0 Å². The highest BCUT2D eigenvalue weighted by Gasteiger charge is 2.07. The second-order valence-corrected chi connectivity index (χ2v) is 2.39. The minimum atomic E-state index is -1.14. The van der Waals surface area contributed by atoms with Crippen LogP contribution in [0.1, 0.15) is 16.3 Å². The number of aromatic nitrogens is 2. The highest BCUT2D eigenvalue weighted by Crippen LogP contribution is 2.06. The van der Waals surface area contributed by atoms with Gasteiger partial charge >= 0.3 is 5.97 Å². The topological polar surface area (TPSA) is 89.1 Å². The third kappa shape index (κ3) is 1.90. The van der Waals surface area contributed by atoms with Crippen LogP contribution in [0.5, 0.6) is 0 Å². The molecule has 3 N–H and O–H groups in total. The van der Waals surface area contributed by atoms with E-state index < -0.39 is 5.97 Å². The van der Waals surface area contributed by atoms with Gasteiger partial charge in [-0.05, 0) is 0 Å². The molecule has 0 amide bonds. The number of nitrogens with zero attached hydrogens (tertiary/aromatic N) is 2. The van der Waals surface area contributed by atoms with Gasteiger partial charge in [0.1, 0.15) is 11.0 Å². The predicted molar refractivity (Wildman–Crippen MR) is 41.9 cm³/mol. The maximum absolute atomic E-state index is 10.4. The molecular weight excluding hydrogens is 182 g/mol. The van der Waals surface area contributed by atoms with Crippen molar-refractivity contribution in [2.75, 3.05) is 0 Å². The predicted octanol–water partition coefficient (Wildman–Crippen LogP) is 0.287. The zero-order chi connectivity index (χ0) is 9.14. The lowest BCUT2D eigenvalue weighted by atomic mass is 10.4. The van der Waals surface area contributed by atoms with E-state index in [1.807, 2.05) is 0 Å². The van der Waals surface area contributed by atoms with Crippen molar-refractivity contribution in [3.8, 4) is 0 Å². The van der Waals surface area contributed by atoms with Gasteiger partial charge < -0.3 is 10.8 Å². The Balaban J connectivity index is 3.15. The van der Waals surface area contributed by atoms with Gasteiger partial charge in [0.15, 0.2) is 5.69 Å². The lowest BCUT2D eigenvalue weighted by molar-refractivity contribution is 0.0690. The van der Waals surface area contributed by atoms with Gasteiger partial charge in [0, 0.05) is 6.07 Å². The summed E-state index contributed by atoms with van der Waals surface area (Å²) >= 11 is 5.50. The van der Waals surface area contributed by atoms with Crippen molar-refractivity contribution in [1.82, 2.24) is 9.97 Å². The van der Waals surface area contributed by atoms with E-state index in [4.69, 9.17) is 22.4 Å². The second kappa shape index (κ2) is 3.46. The number of hydrogen-bond acceptors (Lipinski definition) is 4. The van der Waals surface area contributed by atoms with Crippen LogP contribution in [-0.2, 0) is 6.54 Å². The fraction of sp³-hybridized carbons (Fsp3) is 0.167. The summed E-state index contributed by atoms with van der Waals surface area (Å²) in [4.78, 5) is 17.8. The smallest absolute Gasteiger partial charge is 0.354 e. The monoisotopic (exact) mass is 187 g/mol. The quantitative estimate of drug-likeness (QED) is 0.650. The molecule has 0 unspecified atom stereocenters. The van der Waals surface area contributed by atoms with Crippen LogP contribution in [0.3, 0.4) is 0 Å². The number of aromatic carboxylic acids is 1.